The first-order valence-electron chi connectivity index (χ1n) is 4.28. The standard InChI is InChI=1S/C10H7ClO4S/c11-7-2-1-6-3-8(12)5-10(9(6)4-7)16(13,14)15/h1-5,12H,(H,13,14,15). The molecule has 0 bridgehead atoms. The summed E-state index contributed by atoms with van der Waals surface area (Å²) in [6.45, 7) is 0. The molecule has 0 aliphatic rings. The molecule has 16 heavy (non-hydrogen) atoms. The van der Waals surface area contributed by atoms with Gasteiger partial charge in [0.1, 0.15) is 10.6 Å². The van der Waals surface area contributed by atoms with Crippen LogP contribution in [0.5, 0.6) is 5.75 Å². The number of aromatic hydroxyl groups is 1. The summed E-state index contributed by atoms with van der Waals surface area (Å²) in [5.74, 6) is -0.234. The summed E-state index contributed by atoms with van der Waals surface area (Å²) in [6.07, 6.45) is 0. The van der Waals surface area contributed by atoms with Crippen molar-refractivity contribution in [2.45, 2.75) is 4.90 Å². The number of phenols is 1. The lowest BCUT2D eigenvalue weighted by molar-refractivity contribution is 0.468. The predicted octanol–water partition coefficient (Wildman–Crippen LogP) is 2.45. The van der Waals surface area contributed by atoms with Gasteiger partial charge in [0.2, 0.25) is 0 Å². The van der Waals surface area contributed by atoms with E-state index in [9.17, 15) is 13.5 Å². The third-order valence-corrected chi connectivity index (χ3v) is 3.27. The maximum absolute atomic E-state index is 11.1. The Balaban J connectivity index is 2.96. The fraction of sp³-hybridized carbons (Fsp3) is 0. The lowest BCUT2D eigenvalue weighted by Crippen LogP contribution is -1.98. The molecule has 2 rings (SSSR count). The first-order chi connectivity index (χ1) is 7.38. The Morgan fingerprint density at radius 2 is 1.81 bits per heavy atom. The van der Waals surface area contributed by atoms with Gasteiger partial charge in [-0.15, -0.1) is 0 Å². The molecule has 0 heterocycles. The highest BCUT2D eigenvalue weighted by Gasteiger charge is 2.15. The van der Waals surface area contributed by atoms with Crippen molar-refractivity contribution in [2.75, 3.05) is 0 Å². The summed E-state index contributed by atoms with van der Waals surface area (Å²) in [5.41, 5.74) is 0. The molecule has 0 aliphatic heterocycles. The predicted molar refractivity (Wildman–Crippen MR) is 60.4 cm³/mol. The van der Waals surface area contributed by atoms with Crippen molar-refractivity contribution in [3.8, 4) is 5.75 Å². The summed E-state index contributed by atoms with van der Waals surface area (Å²) in [5, 5.41) is 10.4. The summed E-state index contributed by atoms with van der Waals surface area (Å²) in [6, 6.07) is 6.91. The largest absolute Gasteiger partial charge is 0.508 e. The lowest BCUT2D eigenvalue weighted by atomic mass is 10.1. The summed E-state index contributed by atoms with van der Waals surface area (Å²) >= 11 is 5.74. The summed E-state index contributed by atoms with van der Waals surface area (Å²) in [4.78, 5) is -0.356. The van der Waals surface area contributed by atoms with E-state index in [0.29, 0.717) is 10.4 Å². The molecular weight excluding hydrogens is 252 g/mol. The molecule has 0 aromatic heterocycles. The van der Waals surface area contributed by atoms with Gasteiger partial charge in [-0.05, 0) is 23.6 Å². The Bertz CT molecular complexity index is 664. The van der Waals surface area contributed by atoms with E-state index in [2.05, 4.69) is 0 Å². The van der Waals surface area contributed by atoms with Crippen LogP contribution in [0.15, 0.2) is 35.2 Å². The van der Waals surface area contributed by atoms with Crippen LogP contribution >= 0.6 is 11.6 Å². The zero-order valence-corrected chi connectivity index (χ0v) is 9.46. The number of hydrogen-bond acceptors (Lipinski definition) is 3. The van der Waals surface area contributed by atoms with Crippen LogP contribution in [0.2, 0.25) is 5.02 Å². The Morgan fingerprint density at radius 1 is 1.12 bits per heavy atom. The van der Waals surface area contributed by atoms with E-state index >= 15 is 0 Å². The molecule has 4 nitrogen and oxygen atoms in total. The fourth-order valence-corrected chi connectivity index (χ4v) is 2.39. The molecule has 0 aliphatic carbocycles. The number of halogens is 1. The Hall–Kier alpha value is -1.30. The minimum atomic E-state index is -4.39. The van der Waals surface area contributed by atoms with Crippen molar-refractivity contribution in [3.05, 3.63) is 35.4 Å². The zero-order chi connectivity index (χ0) is 11.9. The molecule has 2 aromatic carbocycles. The smallest absolute Gasteiger partial charge is 0.295 e. The van der Waals surface area contributed by atoms with Crippen molar-refractivity contribution in [1.82, 2.24) is 0 Å². The van der Waals surface area contributed by atoms with Gasteiger partial charge in [0.15, 0.2) is 0 Å². The first kappa shape index (κ1) is 11.2. The third-order valence-electron chi connectivity index (χ3n) is 2.14. The second-order valence-corrected chi connectivity index (χ2v) is 5.11. The van der Waals surface area contributed by atoms with E-state index < -0.39 is 10.1 Å². The lowest BCUT2D eigenvalue weighted by Gasteiger charge is -2.05. The molecule has 0 spiro atoms. The molecule has 0 fully saturated rings. The Morgan fingerprint density at radius 3 is 2.44 bits per heavy atom. The topological polar surface area (TPSA) is 74.6 Å². The van der Waals surface area contributed by atoms with E-state index in [1.165, 1.54) is 12.1 Å². The molecule has 6 heteroatoms. The molecule has 0 saturated heterocycles. The maximum Gasteiger partial charge on any atom is 0.295 e. The van der Waals surface area contributed by atoms with Crippen molar-refractivity contribution >= 4 is 32.5 Å². The first-order valence-corrected chi connectivity index (χ1v) is 6.09. The second kappa shape index (κ2) is 3.62. The van der Waals surface area contributed by atoms with Gasteiger partial charge in [-0.25, -0.2) is 0 Å². The van der Waals surface area contributed by atoms with E-state index in [1.807, 2.05) is 0 Å². The fourth-order valence-electron chi connectivity index (χ4n) is 1.49. The average Bonchev–Trinajstić information content (AvgIpc) is 2.16. The van der Waals surface area contributed by atoms with E-state index in [-0.39, 0.29) is 16.0 Å². The number of benzene rings is 2. The van der Waals surface area contributed by atoms with Crippen molar-refractivity contribution < 1.29 is 18.1 Å². The van der Waals surface area contributed by atoms with Crippen LogP contribution in [0.4, 0.5) is 0 Å². The van der Waals surface area contributed by atoms with Gasteiger partial charge in [0.25, 0.3) is 10.1 Å². The van der Waals surface area contributed by atoms with Crippen LogP contribution in [-0.4, -0.2) is 18.1 Å². The molecule has 2 N–H and O–H groups in total. The summed E-state index contributed by atoms with van der Waals surface area (Å²) < 4.78 is 31.2. The molecule has 0 unspecified atom stereocenters. The van der Waals surface area contributed by atoms with Crippen LogP contribution in [0.25, 0.3) is 10.8 Å². The normalized spacial score (nSPS) is 11.9. The van der Waals surface area contributed by atoms with E-state index in [1.54, 1.807) is 12.1 Å². The van der Waals surface area contributed by atoms with Crippen LogP contribution < -0.4 is 0 Å². The highest BCUT2D eigenvalue weighted by molar-refractivity contribution is 7.86. The van der Waals surface area contributed by atoms with Crippen LogP contribution in [0.3, 0.4) is 0 Å². The van der Waals surface area contributed by atoms with Gasteiger partial charge < -0.3 is 5.11 Å². The van der Waals surface area contributed by atoms with Gasteiger partial charge >= 0.3 is 0 Å². The van der Waals surface area contributed by atoms with E-state index in [4.69, 9.17) is 16.2 Å². The van der Waals surface area contributed by atoms with Gasteiger partial charge in [-0.2, -0.15) is 8.42 Å². The SMILES string of the molecule is O=S(=O)(O)c1cc(O)cc2ccc(Cl)cc12. The maximum atomic E-state index is 11.1. The van der Waals surface area contributed by atoms with Crippen LogP contribution in [-0.2, 0) is 10.1 Å². The van der Waals surface area contributed by atoms with Crippen LogP contribution in [0, 0.1) is 0 Å². The van der Waals surface area contributed by atoms with Gasteiger partial charge in [0.05, 0.1) is 0 Å². The van der Waals surface area contributed by atoms with E-state index in [0.717, 1.165) is 6.07 Å². The Kier molecular flexibility index (Phi) is 2.53. The van der Waals surface area contributed by atoms with Gasteiger partial charge in [-0.3, -0.25) is 4.55 Å². The molecular formula is C10H7ClO4S. The van der Waals surface area contributed by atoms with Crippen LogP contribution in [0.1, 0.15) is 0 Å². The highest BCUT2D eigenvalue weighted by Crippen LogP contribution is 2.29. The summed E-state index contributed by atoms with van der Waals surface area (Å²) in [7, 11) is -4.39. The Labute approximate surface area is 96.8 Å². The third kappa shape index (κ3) is 1.97. The molecule has 0 saturated carbocycles. The number of rotatable bonds is 1. The van der Waals surface area contributed by atoms with Gasteiger partial charge in [0, 0.05) is 16.5 Å². The second-order valence-electron chi connectivity index (χ2n) is 3.28. The number of hydrogen-bond donors (Lipinski definition) is 2. The molecule has 2 aromatic rings. The van der Waals surface area contributed by atoms with Crippen molar-refractivity contribution in [3.63, 3.8) is 0 Å². The van der Waals surface area contributed by atoms with Crippen molar-refractivity contribution in [2.24, 2.45) is 0 Å². The minimum absolute atomic E-state index is 0.234. The quantitative estimate of drug-likeness (QED) is 0.771. The molecule has 0 radical (unpaired) electrons. The number of fused-ring (bicyclic) bond motifs is 1. The molecule has 84 valence electrons. The van der Waals surface area contributed by atoms with Crippen molar-refractivity contribution in [1.29, 1.82) is 0 Å². The number of phenolic OH excluding ortho intramolecular Hbond substituents is 1. The molecule has 0 atom stereocenters. The van der Waals surface area contributed by atoms with Gasteiger partial charge in [-0.1, -0.05) is 17.7 Å². The zero-order valence-electron chi connectivity index (χ0n) is 7.88. The average molecular weight is 259 g/mol. The molecule has 0 amide bonds. The minimum Gasteiger partial charge on any atom is -0.508 e. The monoisotopic (exact) mass is 258 g/mol. The highest BCUT2D eigenvalue weighted by atomic mass is 35.5.